The van der Waals surface area contributed by atoms with Crippen LogP contribution in [0.25, 0.3) is 0 Å². The van der Waals surface area contributed by atoms with E-state index in [2.05, 4.69) is 5.32 Å². The maximum Gasteiger partial charge on any atom is 0.509 e. The van der Waals surface area contributed by atoms with Crippen molar-refractivity contribution in [3.8, 4) is 0 Å². The van der Waals surface area contributed by atoms with E-state index in [0.717, 1.165) is 0 Å². The molecule has 3 saturated heterocycles. The van der Waals surface area contributed by atoms with E-state index in [1.54, 1.807) is 48.5 Å². The molecule has 3 aliphatic rings. The first-order valence-corrected chi connectivity index (χ1v) is 18.7. The number of nitrogens with one attached hydrogen (secondary N) is 1. The average molecular weight is 758 g/mol. The molecule has 0 spiro atoms. The molecule has 0 radical (unpaired) electrons. The first kappa shape index (κ1) is 44.3. The highest BCUT2D eigenvalue weighted by atomic mass is 16.8. The number of fused-ring (bicyclic) bond motifs is 1. The fraction of sp³-hybridized carbons (Fsp3) is 0.865. The van der Waals surface area contributed by atoms with Crippen molar-refractivity contribution < 1.29 is 61.9 Å². The molecule has 53 heavy (non-hydrogen) atoms. The van der Waals surface area contributed by atoms with Crippen LogP contribution in [0.3, 0.4) is 0 Å². The summed E-state index contributed by atoms with van der Waals surface area (Å²) in [5.74, 6) is -4.83. The third kappa shape index (κ3) is 10.4. The minimum absolute atomic E-state index is 0.00340. The van der Waals surface area contributed by atoms with E-state index in [-0.39, 0.29) is 43.9 Å². The largest absolute Gasteiger partial charge is 0.509 e. The summed E-state index contributed by atoms with van der Waals surface area (Å²) in [5.41, 5.74) is 2.93. The third-order valence-electron chi connectivity index (χ3n) is 11.0. The highest BCUT2D eigenvalue weighted by molar-refractivity contribution is 5.79. The molecule has 0 aromatic rings. The first-order valence-electron chi connectivity index (χ1n) is 18.7. The zero-order valence-electron chi connectivity index (χ0n) is 33.5. The van der Waals surface area contributed by atoms with Gasteiger partial charge < -0.3 is 53.8 Å². The lowest BCUT2D eigenvalue weighted by molar-refractivity contribution is -0.303. The lowest BCUT2D eigenvalue weighted by atomic mass is 9.77. The van der Waals surface area contributed by atoms with Crippen LogP contribution in [0.2, 0.25) is 0 Å². The Morgan fingerprint density at radius 1 is 1.02 bits per heavy atom. The Morgan fingerprint density at radius 2 is 1.68 bits per heavy atom. The molecule has 3 N–H and O–H groups in total. The van der Waals surface area contributed by atoms with Crippen LogP contribution >= 0.6 is 0 Å². The second-order valence-electron chi connectivity index (χ2n) is 15.5. The van der Waals surface area contributed by atoms with Crippen molar-refractivity contribution in [1.82, 2.24) is 10.2 Å². The number of cyclic esters (lactones) is 1. The summed E-state index contributed by atoms with van der Waals surface area (Å²) in [5, 5.41) is 2.96. The van der Waals surface area contributed by atoms with Crippen LogP contribution in [0.5, 0.6) is 0 Å². The molecule has 0 unspecified atom stereocenters. The Balaban J connectivity index is 2.23. The summed E-state index contributed by atoms with van der Waals surface area (Å²) in [6.07, 6.45) is -6.25. The Labute approximate surface area is 313 Å². The maximum absolute atomic E-state index is 14.2. The van der Waals surface area contributed by atoms with Crippen LogP contribution < -0.4 is 11.1 Å². The number of esters is 3. The number of carbonyl (C=O) groups is 5. The number of carbonyl (C=O) groups excluding carboxylic acids is 5. The van der Waals surface area contributed by atoms with Gasteiger partial charge in [-0.1, -0.05) is 20.8 Å². The van der Waals surface area contributed by atoms with Crippen LogP contribution in [-0.4, -0.2) is 129 Å². The smallest absolute Gasteiger partial charge is 0.461 e. The van der Waals surface area contributed by atoms with Crippen LogP contribution in [0, 0.1) is 17.8 Å². The number of amides is 1. The lowest BCUT2D eigenvalue weighted by Gasteiger charge is -2.48. The number of likely N-dealkylation sites (N-methyl/N-ethyl adjacent to an activating group) is 1. The molecule has 0 bridgehead atoms. The topological polar surface area (TPSA) is 200 Å². The van der Waals surface area contributed by atoms with Crippen molar-refractivity contribution in [2.45, 2.75) is 161 Å². The van der Waals surface area contributed by atoms with Crippen molar-refractivity contribution in [2.75, 3.05) is 27.7 Å². The van der Waals surface area contributed by atoms with Gasteiger partial charge in [-0.05, 0) is 80.9 Å². The van der Waals surface area contributed by atoms with E-state index in [1.165, 1.54) is 14.0 Å². The molecule has 1 amide bonds. The second kappa shape index (κ2) is 18.5. The summed E-state index contributed by atoms with van der Waals surface area (Å²) in [6, 6.07) is -1.04. The van der Waals surface area contributed by atoms with Crippen molar-refractivity contribution in [3.63, 3.8) is 0 Å². The number of hydrogen-bond donors (Lipinski definition) is 2. The molecule has 0 aliphatic carbocycles. The molecule has 3 aliphatic heterocycles. The van der Waals surface area contributed by atoms with Gasteiger partial charge >= 0.3 is 24.1 Å². The van der Waals surface area contributed by atoms with Gasteiger partial charge in [0.1, 0.15) is 12.2 Å². The van der Waals surface area contributed by atoms with E-state index in [4.69, 9.17) is 43.6 Å². The van der Waals surface area contributed by atoms with Gasteiger partial charge in [0.15, 0.2) is 24.1 Å². The molecule has 0 saturated carbocycles. The number of methoxy groups -OCH3 is 1. The third-order valence-corrected chi connectivity index (χ3v) is 11.0. The summed E-state index contributed by atoms with van der Waals surface area (Å²) in [6.45, 7) is 15.3. The van der Waals surface area contributed by atoms with E-state index < -0.39 is 95.9 Å². The van der Waals surface area contributed by atoms with E-state index in [0.29, 0.717) is 12.8 Å². The molecule has 14 atom stereocenters. The van der Waals surface area contributed by atoms with Crippen molar-refractivity contribution in [3.05, 3.63) is 0 Å². The first-order chi connectivity index (χ1) is 24.7. The molecule has 304 valence electrons. The lowest BCUT2D eigenvalue weighted by Crippen LogP contribution is -2.60. The minimum Gasteiger partial charge on any atom is -0.461 e. The van der Waals surface area contributed by atoms with Gasteiger partial charge in [-0.3, -0.25) is 19.2 Å². The Bertz CT molecular complexity index is 1300. The van der Waals surface area contributed by atoms with Gasteiger partial charge in [0.05, 0.1) is 35.8 Å². The standard InChI is InChI=1S/C37H63N3O13/c1-13-26-37(9)31(52-35(45)53-37)23(6)39-32(43)19(2)18-36(8,46-12)30(21(4)28(22(5)33(44)49-26)50-27(42)15-14-16-38)51-34-29(48-24(7)41)25(40(10)11)17-20(3)47-34/h19-23,25-26,28-31,34H,13-18,38H2,1-12H3,(H,39,43)/t19-,20-,21+,22-,23-,25+,26-,28+,29+,30+,31+,34+,36-,37-/m1/s1. The minimum atomic E-state index is -1.47. The van der Waals surface area contributed by atoms with Gasteiger partial charge in [0.2, 0.25) is 5.91 Å². The monoisotopic (exact) mass is 757 g/mol. The summed E-state index contributed by atoms with van der Waals surface area (Å²) in [4.78, 5) is 68.3. The number of hydrogen-bond acceptors (Lipinski definition) is 15. The Morgan fingerprint density at radius 3 is 2.25 bits per heavy atom. The summed E-state index contributed by atoms with van der Waals surface area (Å²) >= 11 is 0. The van der Waals surface area contributed by atoms with Gasteiger partial charge in [-0.15, -0.1) is 0 Å². The van der Waals surface area contributed by atoms with Crippen LogP contribution in [0.15, 0.2) is 0 Å². The van der Waals surface area contributed by atoms with E-state index in [9.17, 15) is 24.0 Å². The molecule has 0 aromatic heterocycles. The molecule has 3 rings (SSSR count). The average Bonchev–Trinajstić information content (AvgIpc) is 3.40. The van der Waals surface area contributed by atoms with Crippen LogP contribution in [0.1, 0.15) is 94.4 Å². The predicted octanol–water partition coefficient (Wildman–Crippen LogP) is 2.86. The zero-order valence-corrected chi connectivity index (χ0v) is 33.5. The quantitative estimate of drug-likeness (QED) is 0.243. The Hall–Kier alpha value is -3.05. The molecular formula is C37H63N3O13. The van der Waals surface area contributed by atoms with Crippen LogP contribution in [-0.2, 0) is 57.1 Å². The Kier molecular flexibility index (Phi) is 15.5. The number of nitrogens with two attached hydrogens (primary N) is 1. The van der Waals surface area contributed by atoms with Crippen LogP contribution in [0.4, 0.5) is 4.79 Å². The molecule has 16 heteroatoms. The molecule has 3 heterocycles. The van der Waals surface area contributed by atoms with Crippen molar-refractivity contribution in [1.29, 1.82) is 0 Å². The SMILES string of the molecule is CC[C@H]1OC(=O)[C@H](C)[C@@H](OC(=O)CCCN)[C@H](C)[C@H](O[C@@H]2O[C@H](C)C[C@H](N(C)C)[C@@H]2OC(C)=O)[C@](C)(OC)C[C@@H](C)C(=O)N[C@H](C)[C@@H]2OC(=O)O[C@]12C. The van der Waals surface area contributed by atoms with Crippen molar-refractivity contribution >= 4 is 30.0 Å². The maximum atomic E-state index is 14.2. The fourth-order valence-corrected chi connectivity index (χ4v) is 8.00. The van der Waals surface area contributed by atoms with Crippen molar-refractivity contribution in [2.24, 2.45) is 23.5 Å². The second-order valence-corrected chi connectivity index (χ2v) is 15.5. The number of ether oxygens (including phenoxy) is 8. The normalized spacial score (nSPS) is 40.1. The zero-order chi connectivity index (χ0) is 40.0. The molecular weight excluding hydrogens is 694 g/mol. The number of nitrogens with zero attached hydrogens (tertiary/aromatic N) is 1. The van der Waals surface area contributed by atoms with E-state index in [1.807, 2.05) is 25.9 Å². The molecule has 16 nitrogen and oxygen atoms in total. The van der Waals surface area contributed by atoms with Gasteiger partial charge in [-0.25, -0.2) is 4.79 Å². The fourth-order valence-electron chi connectivity index (χ4n) is 8.00. The summed E-state index contributed by atoms with van der Waals surface area (Å²) < 4.78 is 48.7. The van der Waals surface area contributed by atoms with Gasteiger partial charge in [-0.2, -0.15) is 0 Å². The highest BCUT2D eigenvalue weighted by Crippen LogP contribution is 2.40. The molecule has 3 fully saturated rings. The summed E-state index contributed by atoms with van der Waals surface area (Å²) in [7, 11) is 5.23. The van der Waals surface area contributed by atoms with Gasteiger partial charge in [0, 0.05) is 32.3 Å². The van der Waals surface area contributed by atoms with E-state index >= 15 is 0 Å². The van der Waals surface area contributed by atoms with Gasteiger partial charge in [0.25, 0.3) is 0 Å². The predicted molar refractivity (Wildman–Crippen MR) is 190 cm³/mol. The molecule has 0 aromatic carbocycles. The number of rotatable bonds is 10. The highest BCUT2D eigenvalue weighted by Gasteiger charge is 2.58.